The van der Waals surface area contributed by atoms with E-state index in [1.165, 1.54) is 141 Å². The van der Waals surface area contributed by atoms with Gasteiger partial charge in [-0.2, -0.15) is 0 Å². The quantitative estimate of drug-likeness (QED) is 0.0274. The molecular weight excluding hydrogens is 684 g/mol. The minimum Gasteiger partial charge on any atom is -0.457 e. The van der Waals surface area contributed by atoms with Gasteiger partial charge in [-0.25, -0.2) is 0 Å². The van der Waals surface area contributed by atoms with Crippen molar-refractivity contribution in [2.45, 2.75) is 243 Å². The molecule has 0 amide bonds. The maximum Gasteiger partial charge on any atom is 0.306 e. The zero-order valence-corrected chi connectivity index (χ0v) is 35.0. The number of unbranched alkanes of at least 4 members (excludes halogenated alkanes) is 26. The molecule has 0 saturated carbocycles. The Kier molecular flexibility index (Phi) is 35.4. The molecule has 0 radical (unpaired) electrons. The summed E-state index contributed by atoms with van der Waals surface area (Å²) >= 11 is 0. The summed E-state index contributed by atoms with van der Waals surface area (Å²) in [4.78, 5) is 12.5. The van der Waals surface area contributed by atoms with Gasteiger partial charge in [-0.1, -0.05) is 174 Å². The molecule has 0 aliphatic carbocycles. The molecule has 9 heteroatoms. The summed E-state index contributed by atoms with van der Waals surface area (Å²) in [6.45, 7) is 4.49. The molecule has 0 aromatic rings. The molecule has 1 fully saturated rings. The van der Waals surface area contributed by atoms with E-state index in [4.69, 9.17) is 18.9 Å². The number of carbonyl (C=O) groups is 1. The standard InChI is InChI=1S/C45H86O9/c1-3-5-7-9-10-11-12-13-14-15-16-17-18-19-20-21-22-23-24-25-26-27-28-29-31-33-35-51-37-39(53-41(47)34-32-30-8-6-4-2)38-52-45-44(50)43(49)42(48)40(36-46)54-45/h15-16,39-40,42-46,48-50H,3-14,17-38H2,1-2H3/b16-15-. The van der Waals surface area contributed by atoms with Gasteiger partial charge in [0.2, 0.25) is 0 Å². The number of aliphatic hydroxyl groups excluding tert-OH is 4. The second kappa shape index (κ2) is 37.5. The second-order valence-corrected chi connectivity index (χ2v) is 15.9. The molecule has 1 aliphatic heterocycles. The van der Waals surface area contributed by atoms with Crippen LogP contribution in [0.2, 0.25) is 0 Å². The van der Waals surface area contributed by atoms with Gasteiger partial charge in [-0.3, -0.25) is 4.79 Å². The minimum atomic E-state index is -1.53. The average Bonchev–Trinajstić information content (AvgIpc) is 3.17. The van der Waals surface area contributed by atoms with Crippen molar-refractivity contribution >= 4 is 5.97 Å². The topological polar surface area (TPSA) is 135 Å². The monoisotopic (exact) mass is 771 g/mol. The largest absolute Gasteiger partial charge is 0.457 e. The van der Waals surface area contributed by atoms with Gasteiger partial charge in [0.15, 0.2) is 6.29 Å². The van der Waals surface area contributed by atoms with Crippen LogP contribution in [-0.2, 0) is 23.7 Å². The van der Waals surface area contributed by atoms with Crippen molar-refractivity contribution in [2.24, 2.45) is 0 Å². The van der Waals surface area contributed by atoms with Crippen molar-refractivity contribution in [3.05, 3.63) is 12.2 Å². The summed E-state index contributed by atoms with van der Waals surface area (Å²) < 4.78 is 22.6. The van der Waals surface area contributed by atoms with E-state index in [9.17, 15) is 25.2 Å². The second-order valence-electron chi connectivity index (χ2n) is 15.9. The lowest BCUT2D eigenvalue weighted by atomic mass is 9.99. The number of esters is 1. The zero-order chi connectivity index (χ0) is 39.3. The van der Waals surface area contributed by atoms with Crippen LogP contribution in [0.3, 0.4) is 0 Å². The van der Waals surface area contributed by atoms with Gasteiger partial charge in [0.05, 0.1) is 19.8 Å². The number of allylic oxidation sites excluding steroid dienone is 2. The SMILES string of the molecule is CCCCCCCCCC/C=C\CCCCCCCCCCCCCCCCOCC(COC1OC(CO)C(O)C(O)C1O)OC(=O)CCCCCCC. The van der Waals surface area contributed by atoms with Crippen LogP contribution in [0.5, 0.6) is 0 Å². The number of rotatable bonds is 39. The maximum atomic E-state index is 12.5. The van der Waals surface area contributed by atoms with Crippen LogP contribution in [0.4, 0.5) is 0 Å². The van der Waals surface area contributed by atoms with Crippen LogP contribution in [0, 0.1) is 0 Å². The highest BCUT2D eigenvalue weighted by molar-refractivity contribution is 5.69. The third-order valence-corrected chi connectivity index (χ3v) is 10.7. The Hall–Kier alpha value is -1.07. The fourth-order valence-electron chi connectivity index (χ4n) is 7.08. The molecule has 0 bridgehead atoms. The Balaban J connectivity index is 2.05. The predicted molar refractivity (Wildman–Crippen MR) is 219 cm³/mol. The zero-order valence-electron chi connectivity index (χ0n) is 35.0. The molecule has 6 unspecified atom stereocenters. The van der Waals surface area contributed by atoms with Gasteiger partial charge in [-0.15, -0.1) is 0 Å². The molecule has 9 nitrogen and oxygen atoms in total. The third kappa shape index (κ3) is 28.3. The van der Waals surface area contributed by atoms with Crippen molar-refractivity contribution < 1.29 is 44.2 Å². The van der Waals surface area contributed by atoms with Crippen LogP contribution >= 0.6 is 0 Å². The van der Waals surface area contributed by atoms with Crippen LogP contribution in [0.1, 0.15) is 206 Å². The molecular formula is C45H86O9. The molecule has 320 valence electrons. The Bertz CT molecular complexity index is 838. The Labute approximate surface area is 331 Å². The maximum absolute atomic E-state index is 12.5. The summed E-state index contributed by atoms with van der Waals surface area (Å²) in [6.07, 6.45) is 34.5. The highest BCUT2D eigenvalue weighted by Crippen LogP contribution is 2.23. The van der Waals surface area contributed by atoms with E-state index in [1.54, 1.807) is 0 Å². The first-order valence-electron chi connectivity index (χ1n) is 22.8. The predicted octanol–water partition coefficient (Wildman–Crippen LogP) is 10.0. The first-order chi connectivity index (χ1) is 26.4. The van der Waals surface area contributed by atoms with Gasteiger partial charge < -0.3 is 39.4 Å². The number of hydrogen-bond acceptors (Lipinski definition) is 9. The molecule has 6 atom stereocenters. The minimum absolute atomic E-state index is 0.110. The summed E-state index contributed by atoms with van der Waals surface area (Å²) in [5.74, 6) is -0.324. The highest BCUT2D eigenvalue weighted by Gasteiger charge is 2.44. The molecule has 1 aliphatic rings. The van der Waals surface area contributed by atoms with E-state index in [-0.39, 0.29) is 19.2 Å². The van der Waals surface area contributed by atoms with Gasteiger partial charge >= 0.3 is 5.97 Å². The van der Waals surface area contributed by atoms with Crippen LogP contribution in [0.25, 0.3) is 0 Å². The molecule has 54 heavy (non-hydrogen) atoms. The fourth-order valence-corrected chi connectivity index (χ4v) is 7.08. The highest BCUT2D eigenvalue weighted by atomic mass is 16.7. The van der Waals surface area contributed by atoms with Crippen LogP contribution in [0.15, 0.2) is 12.2 Å². The molecule has 1 heterocycles. The molecule has 0 aromatic heterocycles. The Morgan fingerprint density at radius 2 is 1.02 bits per heavy atom. The lowest BCUT2D eigenvalue weighted by molar-refractivity contribution is -0.305. The molecule has 0 aromatic carbocycles. The van der Waals surface area contributed by atoms with Crippen molar-refractivity contribution in [1.29, 1.82) is 0 Å². The summed E-state index contributed by atoms with van der Waals surface area (Å²) in [5, 5.41) is 39.9. The number of hydrogen-bond donors (Lipinski definition) is 4. The van der Waals surface area contributed by atoms with Crippen LogP contribution < -0.4 is 0 Å². The Morgan fingerprint density at radius 1 is 0.574 bits per heavy atom. The molecule has 4 N–H and O–H groups in total. The summed E-state index contributed by atoms with van der Waals surface area (Å²) in [6, 6.07) is 0. The molecule has 0 spiro atoms. The first kappa shape index (κ1) is 50.9. The normalized spacial score (nSPS) is 20.9. The van der Waals surface area contributed by atoms with Crippen molar-refractivity contribution in [3.63, 3.8) is 0 Å². The van der Waals surface area contributed by atoms with Crippen LogP contribution in [-0.4, -0.2) is 89.6 Å². The lowest BCUT2D eigenvalue weighted by Gasteiger charge is -2.39. The molecule has 1 saturated heterocycles. The van der Waals surface area contributed by atoms with E-state index in [0.29, 0.717) is 13.0 Å². The third-order valence-electron chi connectivity index (χ3n) is 10.7. The fraction of sp³-hybridized carbons (Fsp3) is 0.933. The van der Waals surface area contributed by atoms with E-state index < -0.39 is 43.4 Å². The Morgan fingerprint density at radius 3 is 1.50 bits per heavy atom. The van der Waals surface area contributed by atoms with Crippen molar-refractivity contribution in [1.82, 2.24) is 0 Å². The number of aliphatic hydroxyl groups is 4. The van der Waals surface area contributed by atoms with Crippen molar-refractivity contribution in [2.75, 3.05) is 26.4 Å². The van der Waals surface area contributed by atoms with Crippen molar-refractivity contribution in [3.8, 4) is 0 Å². The lowest BCUT2D eigenvalue weighted by Crippen LogP contribution is -2.59. The van der Waals surface area contributed by atoms with Gasteiger partial charge in [0, 0.05) is 13.0 Å². The molecule has 1 rings (SSSR count). The summed E-state index contributed by atoms with van der Waals surface area (Å²) in [7, 11) is 0. The van der Waals surface area contributed by atoms with Gasteiger partial charge in [0.1, 0.15) is 30.5 Å². The van der Waals surface area contributed by atoms with E-state index in [0.717, 1.165) is 44.9 Å². The smallest absolute Gasteiger partial charge is 0.306 e. The first-order valence-corrected chi connectivity index (χ1v) is 22.8. The van der Waals surface area contributed by atoms with E-state index in [2.05, 4.69) is 26.0 Å². The average molecular weight is 771 g/mol. The van der Waals surface area contributed by atoms with Gasteiger partial charge in [-0.05, 0) is 38.5 Å². The summed E-state index contributed by atoms with van der Waals surface area (Å²) in [5.41, 5.74) is 0. The van der Waals surface area contributed by atoms with Gasteiger partial charge in [0.25, 0.3) is 0 Å². The van der Waals surface area contributed by atoms with E-state index >= 15 is 0 Å². The number of carbonyl (C=O) groups excluding carboxylic acids is 1. The van der Waals surface area contributed by atoms with E-state index in [1.807, 2.05) is 0 Å². The number of ether oxygens (including phenoxy) is 4.